The zero-order valence-electron chi connectivity index (χ0n) is 18.1. The fourth-order valence-corrected chi connectivity index (χ4v) is 4.52. The molecule has 11 heteroatoms. The standard InChI is InChI=1S/C11H17Cl2NOS.C11H7ClIN3O/c1-2-3-4-5-6-7-8-14-11(15)9(12)10(13)16-14;12-9-2-4-10(5-3-9)15-8-14-16(11(15)17)7-1-6-13/h2-8H2,1H3;2-5,8H,7H2. The molecule has 0 bridgehead atoms. The second kappa shape index (κ2) is 14.9. The van der Waals surface area contributed by atoms with Gasteiger partial charge in [-0.3, -0.25) is 8.75 Å². The summed E-state index contributed by atoms with van der Waals surface area (Å²) in [5.41, 5.74) is 0.366. The van der Waals surface area contributed by atoms with Crippen LogP contribution in [-0.2, 0) is 13.1 Å². The van der Waals surface area contributed by atoms with Crippen LogP contribution in [0.4, 0.5) is 0 Å². The molecule has 0 aliphatic heterocycles. The summed E-state index contributed by atoms with van der Waals surface area (Å²) in [5, 5.41) is 4.77. The fourth-order valence-electron chi connectivity index (χ4n) is 2.88. The van der Waals surface area contributed by atoms with Crippen LogP contribution in [0.3, 0.4) is 0 Å². The van der Waals surface area contributed by atoms with Gasteiger partial charge in [-0.2, -0.15) is 5.10 Å². The third kappa shape index (κ3) is 8.80. The summed E-state index contributed by atoms with van der Waals surface area (Å²) < 4.78 is 7.49. The molecule has 33 heavy (non-hydrogen) atoms. The lowest BCUT2D eigenvalue weighted by Gasteiger charge is -2.00. The zero-order chi connectivity index (χ0) is 24.2. The Labute approximate surface area is 225 Å². The molecule has 3 aromatic rings. The second-order valence-corrected chi connectivity index (χ2v) is 10.0. The van der Waals surface area contributed by atoms with Crippen LogP contribution in [0, 0.1) is 9.85 Å². The molecule has 0 aliphatic rings. The molecule has 0 spiro atoms. The Balaban J connectivity index is 0.000000234. The van der Waals surface area contributed by atoms with Crippen LogP contribution < -0.4 is 11.2 Å². The normalized spacial score (nSPS) is 10.3. The summed E-state index contributed by atoms with van der Waals surface area (Å²) in [6.45, 7) is 3.24. The maximum atomic E-state index is 11.9. The topological polar surface area (TPSA) is 61.8 Å². The van der Waals surface area contributed by atoms with Gasteiger partial charge in [-0.15, -0.1) is 0 Å². The molecule has 2 aromatic heterocycles. The van der Waals surface area contributed by atoms with Crippen molar-refractivity contribution in [2.75, 3.05) is 0 Å². The molecule has 1 aromatic carbocycles. The van der Waals surface area contributed by atoms with Crippen LogP contribution in [0.25, 0.3) is 5.69 Å². The Kier molecular flexibility index (Phi) is 12.6. The molecular formula is C22H24Cl3IN4O2S. The van der Waals surface area contributed by atoms with Crippen LogP contribution in [0.15, 0.2) is 40.2 Å². The van der Waals surface area contributed by atoms with E-state index in [2.05, 4.69) is 21.9 Å². The van der Waals surface area contributed by atoms with E-state index >= 15 is 0 Å². The maximum Gasteiger partial charge on any atom is 0.351 e. The SMILES string of the molecule is CCCCCCCCn1sc(Cl)c(Cl)c1=O.O=c1n(-c2ccc(Cl)cc2)cnn1CC#CI. The van der Waals surface area contributed by atoms with Crippen molar-refractivity contribution in [1.82, 2.24) is 18.3 Å². The molecule has 0 saturated carbocycles. The molecular weight excluding hydrogens is 618 g/mol. The Bertz CT molecular complexity index is 1190. The molecule has 0 N–H and O–H groups in total. The average Bonchev–Trinajstić information content (AvgIpc) is 3.29. The molecule has 0 unspecified atom stereocenters. The summed E-state index contributed by atoms with van der Waals surface area (Å²) in [4.78, 5) is 23.4. The van der Waals surface area contributed by atoms with Crippen molar-refractivity contribution in [2.24, 2.45) is 0 Å². The van der Waals surface area contributed by atoms with E-state index in [0.29, 0.717) is 15.9 Å². The summed E-state index contributed by atoms with van der Waals surface area (Å²) in [6, 6.07) is 6.98. The quantitative estimate of drug-likeness (QED) is 0.149. The lowest BCUT2D eigenvalue weighted by Crippen LogP contribution is -2.23. The molecule has 0 aliphatic carbocycles. The van der Waals surface area contributed by atoms with E-state index in [1.54, 1.807) is 28.2 Å². The minimum atomic E-state index is -0.216. The van der Waals surface area contributed by atoms with Gasteiger partial charge in [-0.05, 0) is 46.1 Å². The third-order valence-corrected chi connectivity index (χ3v) is 7.15. The molecule has 6 nitrogen and oxygen atoms in total. The lowest BCUT2D eigenvalue weighted by molar-refractivity contribution is 0.569. The highest BCUT2D eigenvalue weighted by molar-refractivity contribution is 14.1. The van der Waals surface area contributed by atoms with Crippen LogP contribution >= 0.6 is 68.9 Å². The number of hydrogen-bond acceptors (Lipinski definition) is 4. The predicted molar refractivity (Wildman–Crippen MR) is 147 cm³/mol. The van der Waals surface area contributed by atoms with E-state index in [1.165, 1.54) is 59.2 Å². The lowest BCUT2D eigenvalue weighted by atomic mass is 10.1. The number of hydrogen-bond donors (Lipinski definition) is 0. The molecule has 0 amide bonds. The summed E-state index contributed by atoms with van der Waals surface area (Å²) in [5.74, 6) is 2.78. The van der Waals surface area contributed by atoms with Gasteiger partial charge in [0.1, 0.15) is 22.2 Å². The Morgan fingerprint density at radius 1 is 1.03 bits per heavy atom. The van der Waals surface area contributed by atoms with E-state index in [0.717, 1.165) is 18.7 Å². The predicted octanol–water partition coefficient (Wildman–Crippen LogP) is 6.66. The minimum absolute atomic E-state index is 0.148. The van der Waals surface area contributed by atoms with Crippen LogP contribution in [0.2, 0.25) is 14.4 Å². The van der Waals surface area contributed by atoms with Gasteiger partial charge >= 0.3 is 5.69 Å². The first-order chi connectivity index (χ1) is 15.9. The summed E-state index contributed by atoms with van der Waals surface area (Å²) >= 11 is 20.5. The summed E-state index contributed by atoms with van der Waals surface area (Å²) in [7, 11) is 0. The first-order valence-corrected chi connectivity index (χ1v) is 13.4. The molecule has 0 saturated heterocycles. The van der Waals surface area contributed by atoms with Crippen LogP contribution in [0.5, 0.6) is 0 Å². The number of unbranched alkanes of at least 4 members (excludes halogenated alkanes) is 5. The van der Waals surface area contributed by atoms with Gasteiger partial charge in [0.15, 0.2) is 0 Å². The third-order valence-electron chi connectivity index (χ3n) is 4.63. The Morgan fingerprint density at radius 3 is 2.30 bits per heavy atom. The second-order valence-electron chi connectivity index (χ2n) is 7.04. The highest BCUT2D eigenvalue weighted by Gasteiger charge is 2.10. The van der Waals surface area contributed by atoms with Crippen LogP contribution in [0.1, 0.15) is 45.4 Å². The molecule has 0 atom stereocenters. The fraction of sp³-hybridized carbons (Fsp3) is 0.409. The number of halogens is 4. The van der Waals surface area contributed by atoms with Crippen LogP contribution in [-0.4, -0.2) is 18.3 Å². The van der Waals surface area contributed by atoms with Crippen molar-refractivity contribution >= 4 is 68.9 Å². The number of rotatable bonds is 9. The van der Waals surface area contributed by atoms with E-state index in [4.69, 9.17) is 34.8 Å². The number of aryl methyl sites for hydroxylation is 1. The smallest absolute Gasteiger partial charge is 0.267 e. The molecule has 3 rings (SSSR count). The van der Waals surface area contributed by atoms with Gasteiger partial charge in [0, 0.05) is 34.2 Å². The zero-order valence-corrected chi connectivity index (χ0v) is 23.3. The van der Waals surface area contributed by atoms with Crippen molar-refractivity contribution in [3.8, 4) is 15.5 Å². The van der Waals surface area contributed by atoms with E-state index in [9.17, 15) is 9.59 Å². The average molecular weight is 642 g/mol. The maximum absolute atomic E-state index is 11.9. The highest BCUT2D eigenvalue weighted by Crippen LogP contribution is 2.23. The molecule has 0 fully saturated rings. The number of benzene rings is 1. The van der Waals surface area contributed by atoms with E-state index in [-0.39, 0.29) is 16.3 Å². The van der Waals surface area contributed by atoms with Gasteiger partial charge in [0.05, 0.1) is 5.69 Å². The van der Waals surface area contributed by atoms with Crippen molar-refractivity contribution in [1.29, 1.82) is 0 Å². The van der Waals surface area contributed by atoms with Gasteiger partial charge in [-0.25, -0.2) is 14.0 Å². The van der Waals surface area contributed by atoms with E-state index in [1.807, 2.05) is 22.6 Å². The number of aromatic nitrogens is 4. The Morgan fingerprint density at radius 2 is 1.70 bits per heavy atom. The Hall–Kier alpha value is -1.25. The summed E-state index contributed by atoms with van der Waals surface area (Å²) in [6.07, 6.45) is 8.76. The minimum Gasteiger partial charge on any atom is -0.267 e. The van der Waals surface area contributed by atoms with Crippen molar-refractivity contribution in [2.45, 2.75) is 58.5 Å². The van der Waals surface area contributed by atoms with Gasteiger partial charge in [0.25, 0.3) is 5.56 Å². The van der Waals surface area contributed by atoms with Crippen molar-refractivity contribution in [3.63, 3.8) is 0 Å². The first-order valence-electron chi connectivity index (χ1n) is 10.4. The largest absolute Gasteiger partial charge is 0.351 e. The molecule has 178 valence electrons. The monoisotopic (exact) mass is 640 g/mol. The van der Waals surface area contributed by atoms with E-state index < -0.39 is 0 Å². The van der Waals surface area contributed by atoms with Gasteiger partial charge < -0.3 is 0 Å². The van der Waals surface area contributed by atoms with Crippen molar-refractivity contribution < 1.29 is 0 Å². The van der Waals surface area contributed by atoms with Gasteiger partial charge in [0.2, 0.25) is 0 Å². The first kappa shape index (κ1) is 28.0. The van der Waals surface area contributed by atoms with Crippen molar-refractivity contribution in [3.05, 3.63) is 65.8 Å². The molecule has 2 heterocycles. The van der Waals surface area contributed by atoms with Gasteiger partial charge in [-0.1, -0.05) is 79.8 Å². The molecule has 0 radical (unpaired) electrons. The highest BCUT2D eigenvalue weighted by atomic mass is 127. The number of nitrogens with zero attached hydrogens (tertiary/aromatic N) is 4.